The highest BCUT2D eigenvalue weighted by Crippen LogP contribution is 2.29. The zero-order valence-corrected chi connectivity index (χ0v) is 13.0. The molecule has 0 saturated carbocycles. The first-order chi connectivity index (χ1) is 9.31. The largest absolute Gasteiger partial charge is 0.381 e. The monoisotopic (exact) mass is 340 g/mol. The van der Waals surface area contributed by atoms with Gasteiger partial charge < -0.3 is 10.5 Å². The van der Waals surface area contributed by atoms with E-state index in [1.54, 1.807) is 0 Å². The number of hydrogen-bond donors (Lipinski definition) is 1. The number of nitrogens with zero attached hydrogens (tertiary/aromatic N) is 1. The van der Waals surface area contributed by atoms with Crippen molar-refractivity contribution in [3.8, 4) is 0 Å². The van der Waals surface area contributed by atoms with Crippen LogP contribution < -0.4 is 5.73 Å². The number of nitrogens with two attached hydrogens (primary N) is 1. The summed E-state index contributed by atoms with van der Waals surface area (Å²) < 4.78 is 5.56. The second-order valence-electron chi connectivity index (χ2n) is 4.16. The summed E-state index contributed by atoms with van der Waals surface area (Å²) in [5.74, 6) is 0.255. The summed E-state index contributed by atoms with van der Waals surface area (Å²) >= 11 is 4.85. The van der Waals surface area contributed by atoms with Gasteiger partial charge in [-0.05, 0) is 12.0 Å². The van der Waals surface area contributed by atoms with Gasteiger partial charge in [0.05, 0.1) is 12.3 Å². The minimum absolute atomic E-state index is 0.255. The van der Waals surface area contributed by atoms with Crippen LogP contribution in [0.4, 0.5) is 5.13 Å². The molecule has 0 aliphatic rings. The Morgan fingerprint density at radius 1 is 1.26 bits per heavy atom. The predicted molar refractivity (Wildman–Crippen MR) is 84.0 cm³/mol. The quantitative estimate of drug-likeness (QED) is 0.618. The average molecular weight is 341 g/mol. The Kier molecular flexibility index (Phi) is 5.82. The van der Waals surface area contributed by atoms with Crippen molar-refractivity contribution in [1.82, 2.24) is 4.98 Å². The highest BCUT2D eigenvalue weighted by Gasteiger charge is 2.16. The number of hydrogen-bond acceptors (Lipinski definition) is 4. The molecule has 5 heteroatoms. The number of ether oxygens (including phenoxy) is 1. The minimum Gasteiger partial charge on any atom is -0.381 e. The normalized spacial score (nSPS) is 12.5. The molecule has 3 nitrogen and oxygen atoms in total. The third-order valence-electron chi connectivity index (χ3n) is 2.87. The van der Waals surface area contributed by atoms with Crippen molar-refractivity contribution in [3.05, 3.63) is 47.0 Å². The summed E-state index contributed by atoms with van der Waals surface area (Å²) in [6.07, 6.45) is 0.917. The second-order valence-corrected chi connectivity index (χ2v) is 5.85. The molecule has 1 atom stereocenters. The van der Waals surface area contributed by atoms with Crippen LogP contribution in [-0.4, -0.2) is 23.5 Å². The van der Waals surface area contributed by atoms with Crippen LogP contribution in [0.5, 0.6) is 0 Å². The molecular formula is C14H17BrN2OS. The Labute approximate surface area is 125 Å². The number of halogens is 1. The maximum atomic E-state index is 5.74. The van der Waals surface area contributed by atoms with Gasteiger partial charge in [0.15, 0.2) is 5.13 Å². The van der Waals surface area contributed by atoms with Gasteiger partial charge >= 0.3 is 0 Å². The van der Waals surface area contributed by atoms with E-state index in [4.69, 9.17) is 10.5 Å². The fourth-order valence-electron chi connectivity index (χ4n) is 1.99. The molecule has 1 heterocycles. The summed E-state index contributed by atoms with van der Waals surface area (Å²) in [7, 11) is 0. The first-order valence-corrected chi connectivity index (χ1v) is 8.21. The lowest BCUT2D eigenvalue weighted by molar-refractivity contribution is 0.145. The van der Waals surface area contributed by atoms with Gasteiger partial charge in [-0.15, -0.1) is 11.3 Å². The smallest absolute Gasteiger partial charge is 0.180 e. The number of thiazole rings is 1. The van der Waals surface area contributed by atoms with E-state index in [9.17, 15) is 0 Å². The predicted octanol–water partition coefficient (Wildman–Crippen LogP) is 3.66. The van der Waals surface area contributed by atoms with Crippen LogP contribution >= 0.6 is 27.3 Å². The summed E-state index contributed by atoms with van der Waals surface area (Å²) in [6, 6.07) is 10.4. The van der Waals surface area contributed by atoms with Gasteiger partial charge in [-0.1, -0.05) is 46.3 Å². The Hall–Kier alpha value is -0.910. The second kappa shape index (κ2) is 7.62. The van der Waals surface area contributed by atoms with E-state index < -0.39 is 0 Å². The SMILES string of the molecule is Nc1nc(C(CCOCCBr)c2ccccc2)cs1. The van der Waals surface area contributed by atoms with Gasteiger partial charge in [0.25, 0.3) is 0 Å². The Balaban J connectivity index is 2.10. The standard InChI is InChI=1S/C14H17BrN2OS/c15-7-9-18-8-6-12(11-4-2-1-3-5-11)13-10-19-14(16)17-13/h1-5,10,12H,6-9H2,(H2,16,17). The topological polar surface area (TPSA) is 48.1 Å². The molecule has 0 fully saturated rings. The number of rotatable bonds is 7. The van der Waals surface area contributed by atoms with Crippen molar-refractivity contribution in [1.29, 1.82) is 0 Å². The van der Waals surface area contributed by atoms with Crippen LogP contribution in [0.15, 0.2) is 35.7 Å². The third kappa shape index (κ3) is 4.30. The molecule has 0 bridgehead atoms. The molecule has 0 radical (unpaired) electrons. The highest BCUT2D eigenvalue weighted by molar-refractivity contribution is 9.09. The first kappa shape index (κ1) is 14.5. The van der Waals surface area contributed by atoms with Crippen molar-refractivity contribution in [2.24, 2.45) is 0 Å². The first-order valence-electron chi connectivity index (χ1n) is 6.21. The van der Waals surface area contributed by atoms with Crippen LogP contribution in [0, 0.1) is 0 Å². The van der Waals surface area contributed by atoms with E-state index >= 15 is 0 Å². The highest BCUT2D eigenvalue weighted by atomic mass is 79.9. The average Bonchev–Trinajstić information content (AvgIpc) is 2.86. The van der Waals surface area contributed by atoms with Crippen LogP contribution in [-0.2, 0) is 4.74 Å². The number of benzene rings is 1. The van der Waals surface area contributed by atoms with Crippen molar-refractivity contribution >= 4 is 32.4 Å². The molecule has 0 amide bonds. The van der Waals surface area contributed by atoms with Crippen molar-refractivity contribution in [3.63, 3.8) is 0 Å². The molecule has 2 N–H and O–H groups in total. The van der Waals surface area contributed by atoms with Gasteiger partial charge in [0, 0.05) is 23.2 Å². The minimum atomic E-state index is 0.255. The molecule has 1 aromatic heterocycles. The fourth-order valence-corrected chi connectivity index (χ4v) is 2.83. The van der Waals surface area contributed by atoms with Gasteiger partial charge in [-0.25, -0.2) is 4.98 Å². The Morgan fingerprint density at radius 3 is 2.68 bits per heavy atom. The van der Waals surface area contributed by atoms with E-state index in [1.807, 2.05) is 11.4 Å². The number of anilines is 1. The zero-order chi connectivity index (χ0) is 13.5. The van der Waals surface area contributed by atoms with Gasteiger partial charge in [0.2, 0.25) is 0 Å². The zero-order valence-electron chi connectivity index (χ0n) is 10.6. The van der Waals surface area contributed by atoms with Crippen LogP contribution in [0.3, 0.4) is 0 Å². The van der Waals surface area contributed by atoms with E-state index in [2.05, 4.69) is 45.2 Å². The Bertz CT molecular complexity index is 489. The summed E-state index contributed by atoms with van der Waals surface area (Å²) in [6.45, 7) is 1.46. The molecule has 19 heavy (non-hydrogen) atoms. The van der Waals surface area contributed by atoms with Gasteiger partial charge in [-0.3, -0.25) is 0 Å². The van der Waals surface area contributed by atoms with Crippen molar-refractivity contribution in [2.75, 3.05) is 24.3 Å². The molecule has 1 aromatic carbocycles. The van der Waals surface area contributed by atoms with Crippen LogP contribution in [0.1, 0.15) is 23.6 Å². The van der Waals surface area contributed by atoms with Crippen LogP contribution in [0.25, 0.3) is 0 Å². The lowest BCUT2D eigenvalue weighted by Gasteiger charge is -2.15. The summed E-state index contributed by atoms with van der Waals surface area (Å²) in [5.41, 5.74) is 8.04. The molecule has 0 spiro atoms. The fraction of sp³-hybridized carbons (Fsp3) is 0.357. The van der Waals surface area contributed by atoms with Crippen molar-refractivity contribution in [2.45, 2.75) is 12.3 Å². The Morgan fingerprint density at radius 2 is 2.05 bits per heavy atom. The molecule has 0 aliphatic carbocycles. The lowest BCUT2D eigenvalue weighted by atomic mass is 9.93. The lowest BCUT2D eigenvalue weighted by Crippen LogP contribution is -2.07. The molecule has 0 aliphatic heterocycles. The van der Waals surface area contributed by atoms with E-state index in [-0.39, 0.29) is 5.92 Å². The summed E-state index contributed by atoms with van der Waals surface area (Å²) in [4.78, 5) is 4.42. The molecule has 1 unspecified atom stereocenters. The summed E-state index contributed by atoms with van der Waals surface area (Å²) in [5, 5.41) is 3.53. The van der Waals surface area contributed by atoms with E-state index in [0.29, 0.717) is 5.13 Å². The third-order valence-corrected chi connectivity index (χ3v) is 3.89. The molecule has 102 valence electrons. The maximum absolute atomic E-state index is 5.74. The molecular weight excluding hydrogens is 324 g/mol. The number of aromatic nitrogens is 1. The van der Waals surface area contributed by atoms with Crippen molar-refractivity contribution < 1.29 is 4.74 Å². The van der Waals surface area contributed by atoms with E-state index in [1.165, 1.54) is 16.9 Å². The van der Waals surface area contributed by atoms with E-state index in [0.717, 1.165) is 30.7 Å². The molecule has 2 rings (SSSR count). The molecule has 0 saturated heterocycles. The number of alkyl halides is 1. The van der Waals surface area contributed by atoms with Gasteiger partial charge in [-0.2, -0.15) is 0 Å². The molecule has 2 aromatic rings. The van der Waals surface area contributed by atoms with Crippen LogP contribution in [0.2, 0.25) is 0 Å². The van der Waals surface area contributed by atoms with Gasteiger partial charge in [0.1, 0.15) is 0 Å². The number of nitrogen functional groups attached to an aromatic ring is 1. The maximum Gasteiger partial charge on any atom is 0.180 e.